The lowest BCUT2D eigenvalue weighted by molar-refractivity contribution is 0.0265. The molecule has 2 N–H and O–H groups in total. The summed E-state index contributed by atoms with van der Waals surface area (Å²) in [5, 5.41) is 7.30. The number of aromatic nitrogens is 5. The number of aryl methyl sites for hydroxylation is 1. The molecule has 0 saturated carbocycles. The lowest BCUT2D eigenvalue weighted by Crippen LogP contribution is -2.28. The molecule has 0 spiro atoms. The van der Waals surface area contributed by atoms with Gasteiger partial charge in [-0.2, -0.15) is 15.1 Å². The van der Waals surface area contributed by atoms with E-state index in [1.807, 2.05) is 0 Å². The van der Waals surface area contributed by atoms with Crippen LogP contribution < -0.4 is 19.8 Å². The number of hydrogen-bond acceptors (Lipinski definition) is 9. The van der Waals surface area contributed by atoms with Crippen molar-refractivity contribution in [3.05, 3.63) is 60.8 Å². The van der Waals surface area contributed by atoms with E-state index in [9.17, 15) is 14.0 Å². The second-order valence-corrected chi connectivity index (χ2v) is 10.4. The van der Waals surface area contributed by atoms with Gasteiger partial charge in [0, 0.05) is 37.7 Å². The fraction of sp³-hybridized carbons (Fsp3) is 0.375. The second kappa shape index (κ2) is 9.64. The first-order valence-electron chi connectivity index (χ1n) is 12.0. The largest absolute Gasteiger partial charge is 0.467 e. The Hall–Kier alpha value is -3.55. The summed E-state index contributed by atoms with van der Waals surface area (Å²) in [5.41, 5.74) is 3.60. The highest BCUT2D eigenvalue weighted by molar-refractivity contribution is 7.16. The molecule has 38 heavy (non-hydrogen) atoms. The summed E-state index contributed by atoms with van der Waals surface area (Å²) in [4.78, 5) is 37.9. The molecule has 14 heteroatoms. The molecule has 2 aliphatic heterocycles. The van der Waals surface area contributed by atoms with Gasteiger partial charge >= 0.3 is 10.9 Å². The number of nitrogens with one attached hydrogen (secondary N) is 2. The number of H-pyrrole nitrogens is 1. The van der Waals surface area contributed by atoms with Crippen molar-refractivity contribution in [2.45, 2.75) is 38.6 Å². The van der Waals surface area contributed by atoms with Crippen LogP contribution in [-0.4, -0.2) is 51.3 Å². The molecule has 1 amide bonds. The van der Waals surface area contributed by atoms with Crippen molar-refractivity contribution in [1.82, 2.24) is 30.0 Å². The number of anilines is 1. The Bertz CT molecular complexity index is 1630. The summed E-state index contributed by atoms with van der Waals surface area (Å²) in [6, 6.07) is 3.20. The van der Waals surface area contributed by atoms with Crippen molar-refractivity contribution in [1.29, 1.82) is 0 Å². The Morgan fingerprint density at radius 1 is 1.34 bits per heavy atom. The average molecular weight is 560 g/mol. The van der Waals surface area contributed by atoms with Crippen LogP contribution in [0.5, 0.6) is 6.01 Å². The number of ether oxygens (including phenoxy) is 2. The number of methoxy groups -OCH3 is 1. The number of hydrogen-bond donors (Lipinski definition) is 2. The molecular formula is C24H23ClFN7O4S. The minimum atomic E-state index is -0.451. The number of carbonyl (C=O) groups is 1. The minimum absolute atomic E-state index is 0.191. The van der Waals surface area contributed by atoms with Crippen LogP contribution >= 0.6 is 22.9 Å². The number of carbonyl (C=O) groups excluding carboxylic acids is 1. The first-order chi connectivity index (χ1) is 18.4. The van der Waals surface area contributed by atoms with Crippen molar-refractivity contribution in [3.63, 3.8) is 0 Å². The van der Waals surface area contributed by atoms with Gasteiger partial charge in [0.2, 0.25) is 0 Å². The Kier molecular flexibility index (Phi) is 6.28. The van der Waals surface area contributed by atoms with Crippen LogP contribution in [-0.2, 0) is 30.9 Å². The predicted molar refractivity (Wildman–Crippen MR) is 139 cm³/mol. The monoisotopic (exact) mass is 559 g/mol. The fourth-order valence-corrected chi connectivity index (χ4v) is 6.05. The van der Waals surface area contributed by atoms with E-state index < -0.39 is 11.9 Å². The molecule has 1 aromatic carbocycles. The molecule has 0 aliphatic carbocycles. The molecular weight excluding hydrogens is 537 g/mol. The van der Waals surface area contributed by atoms with Gasteiger partial charge in [0.25, 0.3) is 5.91 Å². The van der Waals surface area contributed by atoms with Crippen LogP contribution in [0.3, 0.4) is 0 Å². The van der Waals surface area contributed by atoms with Crippen molar-refractivity contribution in [2.24, 2.45) is 0 Å². The maximum absolute atomic E-state index is 14.3. The standard InChI is InChI=1S/C24H23ClFN7O4S/c1-27-22(34)19-17(25)15-9-32(6-3-7-33(15)31-19)21-12-10-37-16(8-14(12)28-23(30-21)36-2)11-4-5-13(26)20-18(11)29-24(35)38-20/h4-5,16H,3,6-10H2,1-2H3,(H,27,34)(H,29,35). The van der Waals surface area contributed by atoms with E-state index in [2.05, 4.69) is 30.3 Å². The summed E-state index contributed by atoms with van der Waals surface area (Å²) in [6.07, 6.45) is 0.688. The third-order valence-electron chi connectivity index (χ3n) is 6.82. The van der Waals surface area contributed by atoms with Crippen molar-refractivity contribution in [2.75, 3.05) is 25.6 Å². The van der Waals surface area contributed by atoms with Crippen molar-refractivity contribution < 1.29 is 18.7 Å². The lowest BCUT2D eigenvalue weighted by Gasteiger charge is -2.30. The van der Waals surface area contributed by atoms with Crippen LogP contribution in [0.15, 0.2) is 16.9 Å². The number of benzene rings is 1. The number of thiazole rings is 1. The molecule has 6 rings (SSSR count). The Labute approximate surface area is 224 Å². The minimum Gasteiger partial charge on any atom is -0.467 e. The quantitative estimate of drug-likeness (QED) is 0.391. The number of rotatable bonds is 4. The summed E-state index contributed by atoms with van der Waals surface area (Å²) in [6.45, 7) is 1.86. The molecule has 3 aromatic heterocycles. The molecule has 0 radical (unpaired) electrons. The smallest absolute Gasteiger partial charge is 0.318 e. The molecule has 198 valence electrons. The molecule has 0 bridgehead atoms. The highest BCUT2D eigenvalue weighted by atomic mass is 35.5. The van der Waals surface area contributed by atoms with Crippen molar-refractivity contribution in [3.8, 4) is 6.01 Å². The molecule has 1 unspecified atom stereocenters. The number of amides is 1. The predicted octanol–water partition coefficient (Wildman–Crippen LogP) is 2.96. The Balaban J connectivity index is 1.37. The number of aromatic amines is 1. The molecule has 4 aromatic rings. The van der Waals surface area contributed by atoms with Gasteiger partial charge in [-0.1, -0.05) is 29.0 Å². The Morgan fingerprint density at radius 3 is 2.97 bits per heavy atom. The SMILES string of the molecule is CNC(=O)c1nn2c(c1Cl)CN(c1nc(OC)nc3c1COC(c1ccc(F)c4sc(=O)[nH]c14)C3)CCC2. The van der Waals surface area contributed by atoms with E-state index in [0.29, 0.717) is 48.0 Å². The van der Waals surface area contributed by atoms with Crippen LogP contribution in [0.1, 0.15) is 45.5 Å². The van der Waals surface area contributed by atoms with Crippen LogP contribution in [0.2, 0.25) is 5.02 Å². The van der Waals surface area contributed by atoms with E-state index in [1.54, 1.807) is 10.7 Å². The highest BCUT2D eigenvalue weighted by Gasteiger charge is 2.32. The fourth-order valence-electron chi connectivity index (χ4n) is 5.00. The van der Waals surface area contributed by atoms with E-state index >= 15 is 0 Å². The molecule has 0 saturated heterocycles. The van der Waals surface area contributed by atoms with Gasteiger partial charge < -0.3 is 24.7 Å². The van der Waals surface area contributed by atoms with E-state index in [-0.39, 0.29) is 33.8 Å². The highest BCUT2D eigenvalue weighted by Crippen LogP contribution is 2.38. The average Bonchev–Trinajstić information content (AvgIpc) is 3.38. The van der Waals surface area contributed by atoms with E-state index in [4.69, 9.17) is 21.1 Å². The van der Waals surface area contributed by atoms with Gasteiger partial charge in [0.05, 0.1) is 53.0 Å². The van der Waals surface area contributed by atoms with Gasteiger partial charge in [-0.15, -0.1) is 0 Å². The molecule has 0 fully saturated rings. The lowest BCUT2D eigenvalue weighted by atomic mass is 9.98. The zero-order valence-corrected chi connectivity index (χ0v) is 22.1. The first-order valence-corrected chi connectivity index (χ1v) is 13.2. The molecule has 5 heterocycles. The third-order valence-corrected chi connectivity index (χ3v) is 8.11. The second-order valence-electron chi connectivity index (χ2n) is 9.00. The van der Waals surface area contributed by atoms with Gasteiger partial charge in [0.15, 0.2) is 5.69 Å². The van der Waals surface area contributed by atoms with Crippen molar-refractivity contribution >= 4 is 44.9 Å². The molecule has 2 aliphatic rings. The van der Waals surface area contributed by atoms with Gasteiger partial charge in [0.1, 0.15) is 11.6 Å². The van der Waals surface area contributed by atoms with E-state index in [1.165, 1.54) is 20.2 Å². The Morgan fingerprint density at radius 2 is 2.18 bits per heavy atom. The van der Waals surface area contributed by atoms with Crippen LogP contribution in [0.25, 0.3) is 10.2 Å². The number of nitrogens with zero attached hydrogens (tertiary/aromatic N) is 5. The molecule has 11 nitrogen and oxygen atoms in total. The summed E-state index contributed by atoms with van der Waals surface area (Å²) in [5.74, 6) is -0.136. The maximum atomic E-state index is 14.3. The van der Waals surface area contributed by atoms with Gasteiger partial charge in [-0.3, -0.25) is 14.3 Å². The normalized spacial score (nSPS) is 17.2. The maximum Gasteiger partial charge on any atom is 0.318 e. The summed E-state index contributed by atoms with van der Waals surface area (Å²) in [7, 11) is 3.04. The zero-order chi connectivity index (χ0) is 26.6. The topological polar surface area (TPSA) is 127 Å². The first kappa shape index (κ1) is 24.8. The number of fused-ring (bicyclic) bond motifs is 3. The summed E-state index contributed by atoms with van der Waals surface area (Å²) < 4.78 is 28.0. The third kappa shape index (κ3) is 4.10. The van der Waals surface area contributed by atoms with Gasteiger partial charge in [-0.05, 0) is 12.5 Å². The number of halogens is 2. The van der Waals surface area contributed by atoms with Crippen LogP contribution in [0.4, 0.5) is 10.2 Å². The molecule has 1 atom stereocenters. The summed E-state index contributed by atoms with van der Waals surface area (Å²) >= 11 is 7.42. The van der Waals surface area contributed by atoms with Crippen LogP contribution in [0, 0.1) is 5.82 Å². The van der Waals surface area contributed by atoms with E-state index in [0.717, 1.165) is 34.7 Å². The van der Waals surface area contributed by atoms with Gasteiger partial charge in [-0.25, -0.2) is 4.39 Å². The zero-order valence-electron chi connectivity index (χ0n) is 20.5.